The second kappa shape index (κ2) is 6.73. The summed E-state index contributed by atoms with van der Waals surface area (Å²) in [5.74, 6) is 0.0175. The van der Waals surface area contributed by atoms with Gasteiger partial charge in [0.25, 0.3) is 0 Å². The number of ether oxygens (including phenoxy) is 1. The van der Waals surface area contributed by atoms with Gasteiger partial charge in [0.05, 0.1) is 4.99 Å². The molecule has 0 aliphatic rings. The number of hydrogen-bond acceptors (Lipinski definition) is 3. The van der Waals surface area contributed by atoms with Gasteiger partial charge in [-0.05, 0) is 6.92 Å². The monoisotopic (exact) mass is 218 g/mol. The van der Waals surface area contributed by atoms with E-state index in [0.717, 1.165) is 0 Å². The molecule has 5 heteroatoms. The maximum Gasteiger partial charge on any atom is 0.248 e. The molecule has 14 heavy (non-hydrogen) atoms. The lowest BCUT2D eigenvalue weighted by Crippen LogP contribution is -2.39. The molecule has 0 bridgehead atoms. The van der Waals surface area contributed by atoms with Gasteiger partial charge < -0.3 is 15.4 Å². The van der Waals surface area contributed by atoms with Gasteiger partial charge in [-0.25, -0.2) is 0 Å². The van der Waals surface area contributed by atoms with E-state index in [1.54, 1.807) is 4.90 Å². The van der Waals surface area contributed by atoms with Crippen LogP contribution in [0.5, 0.6) is 0 Å². The summed E-state index contributed by atoms with van der Waals surface area (Å²) in [6, 6.07) is 0. The fourth-order valence-corrected chi connectivity index (χ4v) is 1.12. The minimum Gasteiger partial charge on any atom is -0.393 e. The first-order valence-electron chi connectivity index (χ1n) is 4.58. The van der Waals surface area contributed by atoms with E-state index in [9.17, 15) is 4.79 Å². The van der Waals surface area contributed by atoms with Gasteiger partial charge in [0.2, 0.25) is 5.91 Å². The van der Waals surface area contributed by atoms with Gasteiger partial charge in [-0.2, -0.15) is 0 Å². The summed E-state index contributed by atoms with van der Waals surface area (Å²) in [7, 11) is 1.50. The molecule has 0 aromatic rings. The van der Waals surface area contributed by atoms with Gasteiger partial charge in [0.1, 0.15) is 6.61 Å². The lowest BCUT2D eigenvalue weighted by Gasteiger charge is -2.23. The molecule has 4 nitrogen and oxygen atoms in total. The highest BCUT2D eigenvalue weighted by atomic mass is 32.1. The number of hydrogen-bond donors (Lipinski definition) is 1. The predicted molar refractivity (Wildman–Crippen MR) is 60.1 cm³/mol. The fourth-order valence-electron chi connectivity index (χ4n) is 1.04. The highest BCUT2D eigenvalue weighted by molar-refractivity contribution is 7.80. The van der Waals surface area contributed by atoms with Crippen LogP contribution in [0.25, 0.3) is 0 Å². The van der Waals surface area contributed by atoms with Crippen LogP contribution in [0.2, 0.25) is 0 Å². The first-order chi connectivity index (χ1) is 6.52. The molecule has 0 fully saturated rings. The van der Waals surface area contributed by atoms with Crippen molar-refractivity contribution in [1.29, 1.82) is 0 Å². The van der Waals surface area contributed by atoms with Crippen LogP contribution < -0.4 is 5.73 Å². The Kier molecular flexibility index (Phi) is 6.40. The van der Waals surface area contributed by atoms with Crippen LogP contribution in [0, 0.1) is 5.92 Å². The van der Waals surface area contributed by atoms with Gasteiger partial charge in [-0.15, -0.1) is 0 Å². The van der Waals surface area contributed by atoms with Crippen molar-refractivity contribution in [2.24, 2.45) is 11.7 Å². The van der Waals surface area contributed by atoms with Crippen LogP contribution >= 0.6 is 12.2 Å². The van der Waals surface area contributed by atoms with Crippen LogP contribution in [0.3, 0.4) is 0 Å². The van der Waals surface area contributed by atoms with Gasteiger partial charge in [0, 0.05) is 26.1 Å². The number of nitrogens with zero attached hydrogens (tertiary/aromatic N) is 1. The highest BCUT2D eigenvalue weighted by Crippen LogP contribution is 2.01. The topological polar surface area (TPSA) is 55.6 Å². The summed E-state index contributed by atoms with van der Waals surface area (Å²) in [6.45, 7) is 5.14. The largest absolute Gasteiger partial charge is 0.393 e. The van der Waals surface area contributed by atoms with Crippen molar-refractivity contribution in [2.75, 3.05) is 26.8 Å². The molecule has 0 radical (unpaired) electrons. The Morgan fingerprint density at radius 3 is 2.57 bits per heavy atom. The number of thiocarbonyl (C=S) groups is 1. The quantitative estimate of drug-likeness (QED) is 0.656. The van der Waals surface area contributed by atoms with E-state index in [0.29, 0.717) is 18.1 Å². The maximum absolute atomic E-state index is 11.4. The maximum atomic E-state index is 11.4. The van der Waals surface area contributed by atoms with Gasteiger partial charge >= 0.3 is 0 Å². The first kappa shape index (κ1) is 13.3. The number of likely N-dealkylation sites (N-methyl/N-ethyl adjacent to an activating group) is 1. The van der Waals surface area contributed by atoms with E-state index < -0.39 is 0 Å². The second-order valence-corrected chi connectivity index (χ2v) is 3.64. The number of rotatable bonds is 6. The molecule has 0 aromatic carbocycles. The van der Waals surface area contributed by atoms with Crippen LogP contribution in [0.15, 0.2) is 0 Å². The molecule has 82 valence electrons. The molecule has 0 aliphatic carbocycles. The molecule has 1 atom stereocenters. The first-order valence-corrected chi connectivity index (χ1v) is 4.99. The lowest BCUT2D eigenvalue weighted by atomic mass is 10.1. The van der Waals surface area contributed by atoms with Gasteiger partial charge in [0.15, 0.2) is 0 Å². The number of methoxy groups -OCH3 is 1. The van der Waals surface area contributed by atoms with Crippen molar-refractivity contribution in [3.8, 4) is 0 Å². The summed E-state index contributed by atoms with van der Waals surface area (Å²) in [5, 5.41) is 0. The van der Waals surface area contributed by atoms with Gasteiger partial charge in [-0.1, -0.05) is 19.1 Å². The van der Waals surface area contributed by atoms with Crippen molar-refractivity contribution in [3.05, 3.63) is 0 Å². The zero-order valence-electron chi connectivity index (χ0n) is 8.95. The Hall–Kier alpha value is -0.680. The van der Waals surface area contributed by atoms with Crippen LogP contribution in [0.4, 0.5) is 0 Å². The normalized spacial score (nSPS) is 12.2. The minimum absolute atomic E-state index is 0.0295. The molecule has 1 amide bonds. The average molecular weight is 218 g/mol. The van der Waals surface area contributed by atoms with Crippen LogP contribution in [0.1, 0.15) is 13.8 Å². The van der Waals surface area contributed by atoms with Crippen molar-refractivity contribution in [3.63, 3.8) is 0 Å². The molecule has 0 heterocycles. The SMILES string of the molecule is CCN(CC(C)C(N)=S)C(=O)COC. The predicted octanol–water partition coefficient (Wildman–Crippen LogP) is 0.404. The van der Waals surface area contributed by atoms with E-state index in [4.69, 9.17) is 22.7 Å². The molecular weight excluding hydrogens is 200 g/mol. The Morgan fingerprint density at radius 1 is 1.64 bits per heavy atom. The smallest absolute Gasteiger partial charge is 0.248 e. The Balaban J connectivity index is 4.14. The van der Waals surface area contributed by atoms with Crippen molar-refractivity contribution in [1.82, 2.24) is 4.90 Å². The summed E-state index contributed by atoms with van der Waals surface area (Å²) in [5.41, 5.74) is 5.48. The van der Waals surface area contributed by atoms with Crippen LogP contribution in [-0.4, -0.2) is 42.6 Å². The Morgan fingerprint density at radius 2 is 2.21 bits per heavy atom. The summed E-state index contributed by atoms with van der Waals surface area (Å²) >= 11 is 4.84. The highest BCUT2D eigenvalue weighted by Gasteiger charge is 2.15. The molecular formula is C9H18N2O2S. The fraction of sp³-hybridized carbons (Fsp3) is 0.778. The summed E-state index contributed by atoms with van der Waals surface area (Å²) in [4.78, 5) is 13.6. The molecule has 0 aliphatic heterocycles. The number of amides is 1. The zero-order valence-corrected chi connectivity index (χ0v) is 9.76. The van der Waals surface area contributed by atoms with Crippen molar-refractivity contribution in [2.45, 2.75) is 13.8 Å². The summed E-state index contributed by atoms with van der Waals surface area (Å²) < 4.78 is 4.77. The number of nitrogens with two attached hydrogens (primary N) is 1. The van der Waals surface area contributed by atoms with E-state index in [-0.39, 0.29) is 18.4 Å². The molecule has 0 rings (SSSR count). The minimum atomic E-state index is -0.0295. The second-order valence-electron chi connectivity index (χ2n) is 3.17. The number of carbonyl (C=O) groups is 1. The molecule has 2 N–H and O–H groups in total. The van der Waals surface area contributed by atoms with E-state index in [1.165, 1.54) is 7.11 Å². The standard InChI is InChI=1S/C9H18N2O2S/c1-4-11(8(12)6-13-3)5-7(2)9(10)14/h7H,4-6H2,1-3H3,(H2,10,14). The van der Waals surface area contributed by atoms with Crippen molar-refractivity contribution >= 4 is 23.1 Å². The van der Waals surface area contributed by atoms with E-state index >= 15 is 0 Å². The van der Waals surface area contributed by atoms with E-state index in [1.807, 2.05) is 13.8 Å². The molecule has 0 saturated carbocycles. The molecule has 0 spiro atoms. The summed E-state index contributed by atoms with van der Waals surface area (Å²) in [6.07, 6.45) is 0. The molecule has 1 unspecified atom stereocenters. The Labute approximate surface area is 90.4 Å². The van der Waals surface area contributed by atoms with Crippen molar-refractivity contribution < 1.29 is 9.53 Å². The average Bonchev–Trinajstić information content (AvgIpc) is 2.13. The molecule has 0 saturated heterocycles. The lowest BCUT2D eigenvalue weighted by molar-refractivity contribution is -0.135. The third-order valence-corrected chi connectivity index (χ3v) is 2.38. The van der Waals surface area contributed by atoms with E-state index in [2.05, 4.69) is 0 Å². The number of carbonyl (C=O) groups excluding carboxylic acids is 1. The third kappa shape index (κ3) is 4.53. The Bertz CT molecular complexity index is 209. The molecule has 0 aromatic heterocycles. The van der Waals surface area contributed by atoms with Crippen LogP contribution in [-0.2, 0) is 9.53 Å². The van der Waals surface area contributed by atoms with Gasteiger partial charge in [-0.3, -0.25) is 4.79 Å². The third-order valence-electron chi connectivity index (χ3n) is 1.98. The zero-order chi connectivity index (χ0) is 11.1.